The summed E-state index contributed by atoms with van der Waals surface area (Å²) in [5.74, 6) is -2.05. The normalized spacial score (nSPS) is 12.5. The van der Waals surface area contributed by atoms with E-state index in [9.17, 15) is 17.6 Å². The number of rotatable bonds is 4. The molecule has 0 fully saturated rings. The van der Waals surface area contributed by atoms with Gasteiger partial charge in [-0.3, -0.25) is 0 Å². The van der Waals surface area contributed by atoms with Gasteiger partial charge in [0.05, 0.1) is 0 Å². The Morgan fingerprint density at radius 2 is 2.06 bits per heavy atom. The van der Waals surface area contributed by atoms with Crippen molar-refractivity contribution in [2.45, 2.75) is 11.8 Å². The van der Waals surface area contributed by atoms with Gasteiger partial charge in [0, 0.05) is 6.08 Å². The van der Waals surface area contributed by atoms with Crippen LogP contribution < -0.4 is 4.72 Å². The van der Waals surface area contributed by atoms with Crippen molar-refractivity contribution in [1.29, 1.82) is 0 Å². The fourth-order valence-electron chi connectivity index (χ4n) is 1.33. The van der Waals surface area contributed by atoms with E-state index in [4.69, 9.17) is 5.11 Å². The number of carboxylic acid groups (broad SMARTS) is 1. The van der Waals surface area contributed by atoms with E-state index in [1.807, 2.05) is 4.72 Å². The highest BCUT2D eigenvalue weighted by Gasteiger charge is 2.17. The van der Waals surface area contributed by atoms with E-state index >= 15 is 0 Å². The van der Waals surface area contributed by atoms with Crippen LogP contribution in [0.15, 0.2) is 29.2 Å². The van der Waals surface area contributed by atoms with Gasteiger partial charge >= 0.3 is 5.97 Å². The van der Waals surface area contributed by atoms with E-state index in [-0.39, 0.29) is 0 Å². The van der Waals surface area contributed by atoms with Crippen LogP contribution in [0, 0.1) is 5.82 Å². The molecular weight excluding hydrogens is 261 g/mol. The first-order valence-corrected chi connectivity index (χ1v) is 6.41. The summed E-state index contributed by atoms with van der Waals surface area (Å²) in [6.07, 6.45) is 0.920. The predicted octanol–water partition coefficient (Wildman–Crippen LogP) is 1.22. The number of sulfonamides is 1. The molecule has 2 N–H and O–H groups in total. The smallest absolute Gasteiger partial charge is 0.328 e. The number of hydrogen-bond acceptors (Lipinski definition) is 3. The number of allylic oxidation sites excluding steroid dienone is 1. The molecule has 0 spiro atoms. The van der Waals surface area contributed by atoms with Crippen molar-refractivity contribution < 1.29 is 22.7 Å². The third-order valence-corrected chi connectivity index (χ3v) is 3.71. The molecule has 0 bridgehead atoms. The van der Waals surface area contributed by atoms with Crippen molar-refractivity contribution in [3.63, 3.8) is 0 Å². The summed E-state index contributed by atoms with van der Waals surface area (Å²) < 4.78 is 38.5. The molecule has 0 aromatic heterocycles. The van der Waals surface area contributed by atoms with Crippen LogP contribution in [-0.2, 0) is 14.8 Å². The Kier molecular flexibility index (Phi) is 4.20. The highest BCUT2D eigenvalue weighted by Crippen LogP contribution is 2.21. The Bertz CT molecular complexity index is 607. The summed E-state index contributed by atoms with van der Waals surface area (Å²) in [5.41, 5.74) is 0.655. The van der Waals surface area contributed by atoms with Crippen LogP contribution in [0.3, 0.4) is 0 Å². The van der Waals surface area contributed by atoms with E-state index in [2.05, 4.69) is 0 Å². The molecule has 0 aliphatic rings. The summed E-state index contributed by atoms with van der Waals surface area (Å²) in [5, 5.41) is 8.59. The maximum absolute atomic E-state index is 13.4. The largest absolute Gasteiger partial charge is 0.478 e. The predicted molar refractivity (Wildman–Crippen MR) is 63.9 cm³/mol. The number of halogens is 1. The first-order chi connectivity index (χ1) is 8.27. The number of carbonyl (C=O) groups is 1. The van der Waals surface area contributed by atoms with Crippen molar-refractivity contribution >= 4 is 21.6 Å². The summed E-state index contributed by atoms with van der Waals surface area (Å²) in [6.45, 7) is 1.50. The average molecular weight is 273 g/mol. The SMILES string of the molecule is CNS(=O)(=O)c1cc(/C(C)=C/C(=O)O)ccc1F. The van der Waals surface area contributed by atoms with Gasteiger partial charge in [0.1, 0.15) is 10.7 Å². The lowest BCUT2D eigenvalue weighted by atomic mass is 10.1. The number of benzene rings is 1. The zero-order valence-electron chi connectivity index (χ0n) is 9.77. The third-order valence-electron chi connectivity index (χ3n) is 2.28. The minimum atomic E-state index is -3.91. The van der Waals surface area contributed by atoms with E-state index < -0.39 is 26.7 Å². The van der Waals surface area contributed by atoms with E-state index in [1.54, 1.807) is 0 Å². The molecule has 7 heteroatoms. The minimum absolute atomic E-state index is 0.327. The van der Waals surface area contributed by atoms with E-state index in [1.165, 1.54) is 20.0 Å². The second kappa shape index (κ2) is 5.28. The fourth-order valence-corrected chi connectivity index (χ4v) is 2.16. The molecule has 18 heavy (non-hydrogen) atoms. The zero-order chi connectivity index (χ0) is 13.9. The molecule has 0 aliphatic heterocycles. The molecule has 98 valence electrons. The summed E-state index contributed by atoms with van der Waals surface area (Å²) in [6, 6.07) is 3.40. The van der Waals surface area contributed by atoms with Crippen molar-refractivity contribution in [2.75, 3.05) is 7.05 Å². The van der Waals surface area contributed by atoms with Gasteiger partial charge in [0.15, 0.2) is 0 Å². The Morgan fingerprint density at radius 1 is 1.44 bits per heavy atom. The Morgan fingerprint density at radius 3 is 2.56 bits per heavy atom. The maximum Gasteiger partial charge on any atom is 0.328 e. The number of hydrogen-bond donors (Lipinski definition) is 2. The lowest BCUT2D eigenvalue weighted by Gasteiger charge is -2.07. The highest BCUT2D eigenvalue weighted by atomic mass is 32.2. The molecule has 0 aliphatic carbocycles. The van der Waals surface area contributed by atoms with Gasteiger partial charge in [-0.1, -0.05) is 6.07 Å². The van der Waals surface area contributed by atoms with Crippen molar-refractivity contribution in [2.24, 2.45) is 0 Å². The number of nitrogens with one attached hydrogen (secondary N) is 1. The summed E-state index contributed by atoms with van der Waals surface area (Å²) in [4.78, 5) is 9.99. The topological polar surface area (TPSA) is 83.5 Å². The maximum atomic E-state index is 13.4. The molecule has 0 saturated carbocycles. The van der Waals surface area contributed by atoms with Gasteiger partial charge in [-0.05, 0) is 37.2 Å². The van der Waals surface area contributed by atoms with Crippen LogP contribution in [0.4, 0.5) is 4.39 Å². The standard InChI is InChI=1S/C11H12FNO4S/c1-7(5-11(14)15)8-3-4-9(12)10(6-8)18(16,17)13-2/h3-6,13H,1-2H3,(H,14,15)/b7-5+. The third kappa shape index (κ3) is 3.14. The van der Waals surface area contributed by atoms with E-state index in [0.717, 1.165) is 18.2 Å². The average Bonchev–Trinajstić information content (AvgIpc) is 2.28. The second-order valence-corrected chi connectivity index (χ2v) is 5.37. The molecule has 0 atom stereocenters. The first-order valence-electron chi connectivity index (χ1n) is 4.92. The molecule has 0 radical (unpaired) electrons. The molecular formula is C11H12FNO4S. The van der Waals surface area contributed by atoms with Gasteiger partial charge in [-0.25, -0.2) is 22.3 Å². The lowest BCUT2D eigenvalue weighted by molar-refractivity contribution is -0.131. The summed E-state index contributed by atoms with van der Waals surface area (Å²) >= 11 is 0. The number of aliphatic carboxylic acids is 1. The van der Waals surface area contributed by atoms with Gasteiger partial charge in [0.25, 0.3) is 0 Å². The van der Waals surface area contributed by atoms with Crippen LogP contribution in [-0.4, -0.2) is 26.5 Å². The second-order valence-electron chi connectivity index (χ2n) is 3.52. The van der Waals surface area contributed by atoms with Gasteiger partial charge < -0.3 is 5.11 Å². The molecule has 0 heterocycles. The van der Waals surface area contributed by atoms with Crippen LogP contribution in [0.5, 0.6) is 0 Å². The molecule has 5 nitrogen and oxygen atoms in total. The van der Waals surface area contributed by atoms with Gasteiger partial charge in [-0.15, -0.1) is 0 Å². The van der Waals surface area contributed by atoms with Crippen LogP contribution in [0.2, 0.25) is 0 Å². The molecule has 0 unspecified atom stereocenters. The van der Waals surface area contributed by atoms with Crippen molar-refractivity contribution in [1.82, 2.24) is 4.72 Å². The molecule has 1 aromatic rings. The molecule has 0 saturated heterocycles. The van der Waals surface area contributed by atoms with Crippen LogP contribution in [0.25, 0.3) is 5.57 Å². The van der Waals surface area contributed by atoms with Gasteiger partial charge in [0.2, 0.25) is 10.0 Å². The molecule has 0 amide bonds. The van der Waals surface area contributed by atoms with E-state index in [0.29, 0.717) is 11.1 Å². The molecule has 1 aromatic carbocycles. The first kappa shape index (κ1) is 14.3. The monoisotopic (exact) mass is 273 g/mol. The van der Waals surface area contributed by atoms with Crippen LogP contribution >= 0.6 is 0 Å². The summed E-state index contributed by atoms with van der Waals surface area (Å²) in [7, 11) is -2.74. The Labute approximate surface area is 104 Å². The molecule has 1 rings (SSSR count). The van der Waals surface area contributed by atoms with Crippen molar-refractivity contribution in [3.8, 4) is 0 Å². The van der Waals surface area contributed by atoms with Crippen molar-refractivity contribution in [3.05, 3.63) is 35.7 Å². The zero-order valence-corrected chi connectivity index (χ0v) is 10.6. The van der Waals surface area contributed by atoms with Gasteiger partial charge in [-0.2, -0.15) is 0 Å². The highest BCUT2D eigenvalue weighted by molar-refractivity contribution is 7.89. The quantitative estimate of drug-likeness (QED) is 0.808. The van der Waals surface area contributed by atoms with Crippen LogP contribution in [0.1, 0.15) is 12.5 Å². The Hall–Kier alpha value is -1.73. The lowest BCUT2D eigenvalue weighted by Crippen LogP contribution is -2.20. The fraction of sp³-hybridized carbons (Fsp3) is 0.182. The Balaban J connectivity index is 3.38. The minimum Gasteiger partial charge on any atom is -0.478 e. The number of carboxylic acids is 1.